The molecule has 0 N–H and O–H groups in total. The van der Waals surface area contributed by atoms with Gasteiger partial charge in [-0.2, -0.15) is 0 Å². The Hall–Kier alpha value is -1.04. The number of hydrogen-bond donors (Lipinski definition) is 0. The number of ether oxygens (including phenoxy) is 2. The first-order valence-corrected chi connectivity index (χ1v) is 10.8. The van der Waals surface area contributed by atoms with Crippen LogP contribution in [0.2, 0.25) is 30.7 Å². The van der Waals surface area contributed by atoms with Crippen molar-refractivity contribution >= 4 is 30.7 Å². The molecule has 2 rings (SSSR count). The Bertz CT molecular complexity index is 593. The van der Waals surface area contributed by atoms with E-state index in [4.69, 9.17) is 21.1 Å². The molecule has 20 heavy (non-hydrogen) atoms. The van der Waals surface area contributed by atoms with Crippen molar-refractivity contribution in [3.63, 3.8) is 0 Å². The second-order valence-corrected chi connectivity index (χ2v) is 12.0. The van der Waals surface area contributed by atoms with Crippen molar-refractivity contribution in [1.82, 2.24) is 9.55 Å². The zero-order valence-corrected chi connectivity index (χ0v) is 14.2. The predicted octanol–water partition coefficient (Wildman–Crippen LogP) is 4.01. The average molecular weight is 313 g/mol. The number of rotatable bonds is 6. The zero-order valence-electron chi connectivity index (χ0n) is 12.4. The Labute approximate surface area is 125 Å². The molecule has 0 aliphatic rings. The van der Waals surface area contributed by atoms with Crippen molar-refractivity contribution in [1.29, 1.82) is 0 Å². The maximum atomic E-state index is 6.26. The number of fused-ring (bicyclic) bond motifs is 1. The Kier molecular flexibility index (Phi) is 4.73. The van der Waals surface area contributed by atoms with Crippen LogP contribution in [0.3, 0.4) is 0 Å². The highest BCUT2D eigenvalue weighted by molar-refractivity contribution is 6.76. The zero-order chi connectivity index (χ0) is 14.8. The number of aromatic nitrogens is 2. The molecule has 0 saturated heterocycles. The van der Waals surface area contributed by atoms with Crippen molar-refractivity contribution in [2.75, 3.05) is 13.7 Å². The summed E-state index contributed by atoms with van der Waals surface area (Å²) in [6.45, 7) is 8.32. The minimum Gasteiger partial charge on any atom is -0.494 e. The smallest absolute Gasteiger partial charge is 0.156 e. The SMILES string of the molecule is COc1cnc2c(ccn2COCC[Si](C)(C)C)c1Cl. The van der Waals surface area contributed by atoms with E-state index in [-0.39, 0.29) is 0 Å². The highest BCUT2D eigenvalue weighted by atomic mass is 35.5. The van der Waals surface area contributed by atoms with Gasteiger partial charge in [0.2, 0.25) is 0 Å². The Morgan fingerprint density at radius 2 is 2.10 bits per heavy atom. The van der Waals surface area contributed by atoms with Crippen molar-refractivity contribution in [3.8, 4) is 5.75 Å². The van der Waals surface area contributed by atoms with Gasteiger partial charge in [0, 0.05) is 26.3 Å². The maximum Gasteiger partial charge on any atom is 0.156 e. The van der Waals surface area contributed by atoms with Gasteiger partial charge in [0.05, 0.1) is 18.3 Å². The summed E-state index contributed by atoms with van der Waals surface area (Å²) in [4.78, 5) is 4.38. The molecule has 4 nitrogen and oxygen atoms in total. The van der Waals surface area contributed by atoms with E-state index in [1.807, 2.05) is 16.8 Å². The molecule has 0 saturated carbocycles. The van der Waals surface area contributed by atoms with Crippen LogP contribution in [-0.4, -0.2) is 31.3 Å². The van der Waals surface area contributed by atoms with Gasteiger partial charge in [-0.3, -0.25) is 0 Å². The molecule has 0 bridgehead atoms. The van der Waals surface area contributed by atoms with Gasteiger partial charge in [-0.05, 0) is 12.1 Å². The second-order valence-electron chi connectivity index (χ2n) is 6.01. The van der Waals surface area contributed by atoms with Crippen LogP contribution in [0.4, 0.5) is 0 Å². The van der Waals surface area contributed by atoms with Crippen molar-refractivity contribution in [2.45, 2.75) is 32.4 Å². The number of halogens is 1. The maximum absolute atomic E-state index is 6.26. The lowest BCUT2D eigenvalue weighted by Gasteiger charge is -2.15. The first-order valence-electron chi connectivity index (χ1n) is 6.67. The van der Waals surface area contributed by atoms with E-state index >= 15 is 0 Å². The van der Waals surface area contributed by atoms with E-state index < -0.39 is 8.07 Å². The van der Waals surface area contributed by atoms with Crippen LogP contribution in [0.25, 0.3) is 11.0 Å². The summed E-state index contributed by atoms with van der Waals surface area (Å²) in [6, 6.07) is 3.10. The first kappa shape index (κ1) is 15.3. The van der Waals surface area contributed by atoms with Gasteiger partial charge < -0.3 is 14.0 Å². The lowest BCUT2D eigenvalue weighted by Crippen LogP contribution is -2.22. The van der Waals surface area contributed by atoms with E-state index in [0.29, 0.717) is 17.5 Å². The molecule has 0 aliphatic carbocycles. The van der Waals surface area contributed by atoms with Gasteiger partial charge in [0.15, 0.2) is 5.75 Å². The third-order valence-electron chi connectivity index (χ3n) is 3.14. The molecule has 110 valence electrons. The Morgan fingerprint density at radius 1 is 1.35 bits per heavy atom. The summed E-state index contributed by atoms with van der Waals surface area (Å²) in [5.41, 5.74) is 0.823. The number of pyridine rings is 1. The molecule has 0 aromatic carbocycles. The second kappa shape index (κ2) is 6.16. The Morgan fingerprint density at radius 3 is 2.75 bits per heavy atom. The van der Waals surface area contributed by atoms with Gasteiger partial charge in [-0.1, -0.05) is 31.2 Å². The summed E-state index contributed by atoms with van der Waals surface area (Å²) in [5.74, 6) is 0.594. The first-order chi connectivity index (χ1) is 9.42. The van der Waals surface area contributed by atoms with Crippen LogP contribution >= 0.6 is 11.6 Å². The molecule has 0 fully saturated rings. The fourth-order valence-electron chi connectivity index (χ4n) is 1.88. The molecule has 2 heterocycles. The minimum atomic E-state index is -1.04. The summed E-state index contributed by atoms with van der Waals surface area (Å²) in [6.07, 6.45) is 3.58. The summed E-state index contributed by atoms with van der Waals surface area (Å²) < 4.78 is 12.9. The monoisotopic (exact) mass is 312 g/mol. The lowest BCUT2D eigenvalue weighted by atomic mass is 10.3. The van der Waals surface area contributed by atoms with Crippen LogP contribution in [0.1, 0.15) is 0 Å². The van der Waals surface area contributed by atoms with E-state index in [1.54, 1.807) is 13.3 Å². The summed E-state index contributed by atoms with van der Waals surface area (Å²) in [7, 11) is 0.547. The van der Waals surface area contributed by atoms with E-state index in [0.717, 1.165) is 23.7 Å². The number of methoxy groups -OCH3 is 1. The van der Waals surface area contributed by atoms with Crippen molar-refractivity contribution in [2.24, 2.45) is 0 Å². The highest BCUT2D eigenvalue weighted by Crippen LogP contribution is 2.31. The largest absolute Gasteiger partial charge is 0.494 e. The average Bonchev–Trinajstić information content (AvgIpc) is 2.78. The Balaban J connectivity index is 2.07. The van der Waals surface area contributed by atoms with Crippen molar-refractivity contribution in [3.05, 3.63) is 23.5 Å². The number of hydrogen-bond acceptors (Lipinski definition) is 3. The normalized spacial score (nSPS) is 12.1. The quantitative estimate of drug-likeness (QED) is 0.597. The molecule has 0 radical (unpaired) electrons. The fourth-order valence-corrected chi connectivity index (χ4v) is 2.91. The minimum absolute atomic E-state index is 0.504. The molecule has 0 amide bonds. The molecular formula is C14H21ClN2O2Si. The molecule has 0 atom stereocenters. The molecule has 6 heteroatoms. The van der Waals surface area contributed by atoms with Gasteiger partial charge in [-0.25, -0.2) is 4.98 Å². The highest BCUT2D eigenvalue weighted by Gasteiger charge is 2.13. The fraction of sp³-hybridized carbons (Fsp3) is 0.500. The van der Waals surface area contributed by atoms with Gasteiger partial charge >= 0.3 is 0 Å². The molecule has 0 unspecified atom stereocenters. The molecular weight excluding hydrogens is 292 g/mol. The van der Waals surface area contributed by atoms with Crippen molar-refractivity contribution < 1.29 is 9.47 Å². The van der Waals surface area contributed by atoms with E-state index in [1.165, 1.54) is 0 Å². The summed E-state index contributed by atoms with van der Waals surface area (Å²) in [5, 5.41) is 1.48. The third kappa shape index (κ3) is 3.53. The van der Waals surface area contributed by atoms with Crippen LogP contribution in [0.5, 0.6) is 5.75 Å². The topological polar surface area (TPSA) is 36.3 Å². The standard InChI is InChI=1S/C14H21ClN2O2Si/c1-18-12-9-16-14-11(13(12)15)5-6-17(14)10-19-7-8-20(2,3)4/h5-6,9H,7-8,10H2,1-4H3. The van der Waals surface area contributed by atoms with Gasteiger partial charge in [0.1, 0.15) is 12.4 Å². The number of nitrogens with zero attached hydrogens (tertiary/aromatic N) is 2. The van der Waals surface area contributed by atoms with Crippen LogP contribution < -0.4 is 4.74 Å². The van der Waals surface area contributed by atoms with Gasteiger partial charge in [0.25, 0.3) is 0 Å². The van der Waals surface area contributed by atoms with Crippen LogP contribution in [0, 0.1) is 0 Å². The third-order valence-corrected chi connectivity index (χ3v) is 5.23. The molecule has 0 spiro atoms. The lowest BCUT2D eigenvalue weighted by molar-refractivity contribution is 0.0899. The van der Waals surface area contributed by atoms with Crippen LogP contribution in [0.15, 0.2) is 18.5 Å². The molecule has 0 aliphatic heterocycles. The van der Waals surface area contributed by atoms with E-state index in [2.05, 4.69) is 24.6 Å². The molecule has 2 aromatic heterocycles. The van der Waals surface area contributed by atoms with Gasteiger partial charge in [-0.15, -0.1) is 0 Å². The predicted molar refractivity (Wildman–Crippen MR) is 85.4 cm³/mol. The van der Waals surface area contributed by atoms with Crippen LogP contribution in [-0.2, 0) is 11.5 Å². The molecule has 2 aromatic rings. The van der Waals surface area contributed by atoms with E-state index in [9.17, 15) is 0 Å². The summed E-state index contributed by atoms with van der Waals surface area (Å²) >= 11 is 6.26.